The summed E-state index contributed by atoms with van der Waals surface area (Å²) in [5.41, 5.74) is 2.84. The van der Waals surface area contributed by atoms with Crippen LogP contribution in [0, 0.1) is 0 Å². The summed E-state index contributed by atoms with van der Waals surface area (Å²) >= 11 is 1.82. The van der Waals surface area contributed by atoms with Gasteiger partial charge in [0, 0.05) is 22.4 Å². The van der Waals surface area contributed by atoms with Crippen molar-refractivity contribution in [1.82, 2.24) is 14.8 Å². The van der Waals surface area contributed by atoms with Gasteiger partial charge in [-0.2, -0.15) is 16.9 Å². The Morgan fingerprint density at radius 1 is 1.35 bits per heavy atom. The van der Waals surface area contributed by atoms with Gasteiger partial charge in [-0.1, -0.05) is 0 Å². The fourth-order valence-corrected chi connectivity index (χ4v) is 4.52. The molecule has 1 saturated heterocycles. The van der Waals surface area contributed by atoms with Gasteiger partial charge in [-0.15, -0.1) is 0 Å². The average Bonchev–Trinajstić information content (AvgIpc) is 3.36. The van der Waals surface area contributed by atoms with Crippen LogP contribution >= 0.6 is 11.8 Å². The number of carbonyl (C=O) groups excluding carboxylic acids is 1. The van der Waals surface area contributed by atoms with Crippen molar-refractivity contribution in [1.29, 1.82) is 0 Å². The number of esters is 1. The molecule has 3 aromatic rings. The lowest BCUT2D eigenvalue weighted by Gasteiger charge is -2.17. The second-order valence-corrected chi connectivity index (χ2v) is 7.62. The molecule has 1 aromatic carbocycles. The number of aliphatic hydroxyl groups is 1. The SMILES string of the molecule is COC(=O)c1ccc(-n2ncc3cc([C@H](O)[C@@H]4CCCS4)cnc32)cc1. The lowest BCUT2D eigenvalue weighted by molar-refractivity contribution is 0.0600. The fraction of sp³-hybridized carbons (Fsp3) is 0.316. The first-order valence-electron chi connectivity index (χ1n) is 8.49. The number of aromatic nitrogens is 3. The Kier molecular flexibility index (Phi) is 4.65. The molecule has 0 saturated carbocycles. The fourth-order valence-electron chi connectivity index (χ4n) is 3.21. The molecule has 3 heterocycles. The highest BCUT2D eigenvalue weighted by atomic mass is 32.2. The number of hydrogen-bond acceptors (Lipinski definition) is 6. The maximum absolute atomic E-state index is 11.6. The van der Waals surface area contributed by atoms with E-state index in [4.69, 9.17) is 4.74 Å². The second-order valence-electron chi connectivity index (χ2n) is 6.27. The molecule has 7 heteroatoms. The number of nitrogens with zero attached hydrogens (tertiary/aromatic N) is 3. The molecule has 1 aliphatic rings. The minimum Gasteiger partial charge on any atom is -0.465 e. The summed E-state index contributed by atoms with van der Waals surface area (Å²) in [5.74, 6) is 0.736. The summed E-state index contributed by atoms with van der Waals surface area (Å²) in [6.45, 7) is 0. The largest absolute Gasteiger partial charge is 0.465 e. The summed E-state index contributed by atoms with van der Waals surface area (Å²) in [7, 11) is 1.36. The van der Waals surface area contributed by atoms with E-state index in [1.165, 1.54) is 7.11 Å². The van der Waals surface area contributed by atoms with Crippen LogP contribution in [-0.4, -0.2) is 44.0 Å². The standard InChI is InChI=1S/C19H19N3O3S/c1-25-19(24)12-4-6-15(7-5-12)22-18-14(11-21-22)9-13(10-20-18)17(23)16-3-2-8-26-16/h4-7,9-11,16-17,23H,2-3,8H2,1H3/t16-,17-/m0/s1. The van der Waals surface area contributed by atoms with Crippen LogP contribution in [0.5, 0.6) is 0 Å². The molecule has 0 unspecified atom stereocenters. The molecule has 1 fully saturated rings. The van der Waals surface area contributed by atoms with Crippen molar-refractivity contribution >= 4 is 28.8 Å². The van der Waals surface area contributed by atoms with Crippen molar-refractivity contribution in [3.63, 3.8) is 0 Å². The quantitative estimate of drug-likeness (QED) is 0.712. The number of ether oxygens (including phenoxy) is 1. The van der Waals surface area contributed by atoms with Crippen molar-refractivity contribution in [3.05, 3.63) is 53.9 Å². The van der Waals surface area contributed by atoms with Gasteiger partial charge in [0.25, 0.3) is 0 Å². The van der Waals surface area contributed by atoms with Gasteiger partial charge < -0.3 is 9.84 Å². The van der Waals surface area contributed by atoms with Gasteiger partial charge in [-0.05, 0) is 48.9 Å². The molecule has 0 radical (unpaired) electrons. The number of methoxy groups -OCH3 is 1. The second kappa shape index (κ2) is 7.09. The van der Waals surface area contributed by atoms with Gasteiger partial charge in [0.2, 0.25) is 0 Å². The van der Waals surface area contributed by atoms with Crippen LogP contribution in [0.4, 0.5) is 0 Å². The Morgan fingerprint density at radius 2 is 2.15 bits per heavy atom. The van der Waals surface area contributed by atoms with Crippen LogP contribution in [0.25, 0.3) is 16.7 Å². The summed E-state index contributed by atoms with van der Waals surface area (Å²) in [5, 5.41) is 16.1. The molecule has 0 amide bonds. The first-order valence-corrected chi connectivity index (χ1v) is 9.54. The van der Waals surface area contributed by atoms with Crippen LogP contribution in [-0.2, 0) is 4.74 Å². The highest BCUT2D eigenvalue weighted by Gasteiger charge is 2.25. The highest BCUT2D eigenvalue weighted by molar-refractivity contribution is 8.00. The van der Waals surface area contributed by atoms with Crippen LogP contribution in [0.1, 0.15) is 34.9 Å². The van der Waals surface area contributed by atoms with E-state index in [1.807, 2.05) is 17.8 Å². The Labute approximate surface area is 155 Å². The number of benzene rings is 1. The smallest absolute Gasteiger partial charge is 0.337 e. The molecule has 2 aromatic heterocycles. The summed E-state index contributed by atoms with van der Waals surface area (Å²) < 4.78 is 6.43. The Morgan fingerprint density at radius 3 is 2.85 bits per heavy atom. The van der Waals surface area contributed by atoms with E-state index in [-0.39, 0.29) is 11.2 Å². The number of carbonyl (C=O) groups is 1. The van der Waals surface area contributed by atoms with Crippen molar-refractivity contribution in [2.45, 2.75) is 24.2 Å². The lowest BCUT2D eigenvalue weighted by Crippen LogP contribution is -2.12. The molecule has 26 heavy (non-hydrogen) atoms. The van der Waals surface area contributed by atoms with E-state index in [0.29, 0.717) is 11.2 Å². The maximum Gasteiger partial charge on any atom is 0.337 e. The zero-order valence-corrected chi connectivity index (χ0v) is 15.1. The average molecular weight is 369 g/mol. The number of pyridine rings is 1. The number of hydrogen-bond donors (Lipinski definition) is 1. The lowest BCUT2D eigenvalue weighted by atomic mass is 10.0. The third-order valence-corrected chi connectivity index (χ3v) is 6.07. The van der Waals surface area contributed by atoms with Gasteiger partial charge in [-0.3, -0.25) is 0 Å². The molecule has 134 valence electrons. The number of thioether (sulfide) groups is 1. The third-order valence-electron chi connectivity index (χ3n) is 4.62. The molecule has 6 nitrogen and oxygen atoms in total. The minimum atomic E-state index is -0.498. The van der Waals surface area contributed by atoms with E-state index >= 15 is 0 Å². The van der Waals surface area contributed by atoms with Crippen LogP contribution in [0.2, 0.25) is 0 Å². The number of rotatable bonds is 4. The Hall–Kier alpha value is -2.38. The normalized spacial score (nSPS) is 18.2. The minimum absolute atomic E-state index is 0.246. The third kappa shape index (κ3) is 3.08. The molecule has 4 rings (SSSR count). The summed E-state index contributed by atoms with van der Waals surface area (Å²) in [4.78, 5) is 16.1. The topological polar surface area (TPSA) is 77.2 Å². The van der Waals surface area contributed by atoms with Gasteiger partial charge in [-0.25, -0.2) is 14.5 Å². The monoisotopic (exact) mass is 369 g/mol. The zero-order chi connectivity index (χ0) is 18.1. The summed E-state index contributed by atoms with van der Waals surface area (Å²) in [6.07, 6.45) is 5.17. The van der Waals surface area contributed by atoms with E-state index in [1.54, 1.807) is 41.3 Å². The molecule has 0 bridgehead atoms. The van der Waals surface area contributed by atoms with Crippen molar-refractivity contribution in [2.24, 2.45) is 0 Å². The predicted molar refractivity (Wildman–Crippen MR) is 101 cm³/mol. The van der Waals surface area contributed by atoms with Crippen LogP contribution < -0.4 is 0 Å². The van der Waals surface area contributed by atoms with E-state index < -0.39 is 6.10 Å². The van der Waals surface area contributed by atoms with Gasteiger partial charge >= 0.3 is 5.97 Å². The van der Waals surface area contributed by atoms with Gasteiger partial charge in [0.15, 0.2) is 5.65 Å². The Balaban J connectivity index is 1.64. The van der Waals surface area contributed by atoms with E-state index in [9.17, 15) is 9.90 Å². The zero-order valence-electron chi connectivity index (χ0n) is 14.3. The number of aliphatic hydroxyl groups excluding tert-OH is 1. The van der Waals surface area contributed by atoms with E-state index in [0.717, 1.165) is 35.2 Å². The molecular weight excluding hydrogens is 350 g/mol. The van der Waals surface area contributed by atoms with Gasteiger partial charge in [0.1, 0.15) is 0 Å². The van der Waals surface area contributed by atoms with Crippen molar-refractivity contribution in [2.75, 3.05) is 12.9 Å². The van der Waals surface area contributed by atoms with Crippen molar-refractivity contribution in [3.8, 4) is 5.69 Å². The van der Waals surface area contributed by atoms with Gasteiger partial charge in [0.05, 0.1) is 30.7 Å². The van der Waals surface area contributed by atoms with Crippen LogP contribution in [0.15, 0.2) is 42.7 Å². The van der Waals surface area contributed by atoms with E-state index in [2.05, 4.69) is 10.1 Å². The first-order chi connectivity index (χ1) is 12.7. The maximum atomic E-state index is 11.6. The molecule has 1 N–H and O–H groups in total. The first kappa shape index (κ1) is 17.1. The molecule has 1 aliphatic heterocycles. The molecular formula is C19H19N3O3S. The molecule has 2 atom stereocenters. The Bertz CT molecular complexity index is 933. The molecule has 0 spiro atoms. The number of fused-ring (bicyclic) bond motifs is 1. The highest BCUT2D eigenvalue weighted by Crippen LogP contribution is 2.36. The van der Waals surface area contributed by atoms with Crippen LogP contribution in [0.3, 0.4) is 0 Å². The van der Waals surface area contributed by atoms with Crippen molar-refractivity contribution < 1.29 is 14.6 Å². The predicted octanol–water partition coefficient (Wildman–Crippen LogP) is 3.14. The molecule has 0 aliphatic carbocycles. The summed E-state index contributed by atoms with van der Waals surface area (Å²) in [6, 6.07) is 8.96.